The van der Waals surface area contributed by atoms with Gasteiger partial charge < -0.3 is 20.1 Å². The maximum atomic E-state index is 12.7. The van der Waals surface area contributed by atoms with E-state index < -0.39 is 10.4 Å². The molecule has 0 heterocycles. The Labute approximate surface area is 147 Å². The van der Waals surface area contributed by atoms with Crippen molar-refractivity contribution in [2.75, 3.05) is 27.3 Å². The summed E-state index contributed by atoms with van der Waals surface area (Å²) in [5.74, 6) is 0.887. The van der Waals surface area contributed by atoms with Gasteiger partial charge in [0.25, 0.3) is 0 Å². The van der Waals surface area contributed by atoms with Crippen molar-refractivity contribution in [2.24, 2.45) is 5.73 Å². The molecule has 0 fully saturated rings. The molecule has 0 aliphatic carbocycles. The molecule has 0 saturated heterocycles. The molecule has 7 heteroatoms. The van der Waals surface area contributed by atoms with Crippen LogP contribution >= 0.6 is 23.2 Å². The minimum Gasteiger partial charge on any atom is -0.493 e. The van der Waals surface area contributed by atoms with Gasteiger partial charge in [-0.05, 0) is 31.5 Å². The Morgan fingerprint density at radius 1 is 1.22 bits per heavy atom. The van der Waals surface area contributed by atoms with Crippen LogP contribution in [0.2, 0.25) is 0 Å². The Balaban J connectivity index is 3.15. The summed E-state index contributed by atoms with van der Waals surface area (Å²) in [4.78, 5) is 13.3. The number of benzene rings is 1. The topological polar surface area (TPSA) is 64.8 Å². The number of carbonyl (C=O) groups excluding carboxylic acids is 1. The number of methoxy groups -OCH3 is 2. The van der Waals surface area contributed by atoms with Gasteiger partial charge in [-0.2, -0.15) is 0 Å². The third kappa shape index (κ3) is 4.43. The number of amides is 1. The Morgan fingerprint density at radius 3 is 2.22 bits per heavy atom. The molecule has 0 aliphatic heterocycles. The standard InChI is InChI=1S/C16H24Cl2N2O3/c1-5-20(6-2)15(21)16(19,14(17)18)10-11-7-8-12(22-3)13(9-11)23-4/h7-9,14H,5-6,10,19H2,1-4H3. The Bertz CT molecular complexity index is 536. The van der Waals surface area contributed by atoms with E-state index in [-0.39, 0.29) is 12.3 Å². The zero-order valence-corrected chi connectivity index (χ0v) is 15.4. The average molecular weight is 363 g/mol. The third-order valence-electron chi connectivity index (χ3n) is 3.78. The second kappa shape index (κ2) is 8.62. The number of hydrogen-bond acceptors (Lipinski definition) is 4. The van der Waals surface area contributed by atoms with E-state index in [1.54, 1.807) is 31.3 Å². The molecule has 0 spiro atoms. The van der Waals surface area contributed by atoms with Crippen LogP contribution in [0.3, 0.4) is 0 Å². The SMILES string of the molecule is CCN(CC)C(=O)C(N)(Cc1ccc(OC)c(OC)c1)C(Cl)Cl. The second-order valence-electron chi connectivity index (χ2n) is 5.18. The molecule has 5 nitrogen and oxygen atoms in total. The lowest BCUT2D eigenvalue weighted by molar-refractivity contribution is -0.136. The number of halogens is 2. The largest absolute Gasteiger partial charge is 0.493 e. The fraction of sp³-hybridized carbons (Fsp3) is 0.562. The van der Waals surface area contributed by atoms with Gasteiger partial charge in [0.05, 0.1) is 14.2 Å². The molecular weight excluding hydrogens is 339 g/mol. The summed E-state index contributed by atoms with van der Waals surface area (Å²) in [5, 5.41) is 0. The smallest absolute Gasteiger partial charge is 0.245 e. The fourth-order valence-electron chi connectivity index (χ4n) is 2.38. The van der Waals surface area contributed by atoms with Gasteiger partial charge in [-0.25, -0.2) is 0 Å². The molecule has 23 heavy (non-hydrogen) atoms. The maximum absolute atomic E-state index is 12.7. The zero-order chi connectivity index (χ0) is 17.6. The molecule has 1 aromatic rings. The number of ether oxygens (including phenoxy) is 2. The molecule has 0 radical (unpaired) electrons. The van der Waals surface area contributed by atoms with E-state index in [0.29, 0.717) is 24.6 Å². The lowest BCUT2D eigenvalue weighted by atomic mass is 9.91. The summed E-state index contributed by atoms with van der Waals surface area (Å²) in [6.07, 6.45) is 0.195. The summed E-state index contributed by atoms with van der Waals surface area (Å²) < 4.78 is 10.5. The van der Waals surface area contributed by atoms with Crippen LogP contribution in [0.1, 0.15) is 19.4 Å². The van der Waals surface area contributed by atoms with Gasteiger partial charge in [-0.1, -0.05) is 6.07 Å². The van der Waals surface area contributed by atoms with E-state index in [9.17, 15) is 4.79 Å². The van der Waals surface area contributed by atoms with E-state index >= 15 is 0 Å². The molecule has 1 unspecified atom stereocenters. The normalized spacial score (nSPS) is 13.6. The third-order valence-corrected chi connectivity index (χ3v) is 4.56. The van der Waals surface area contributed by atoms with Crippen molar-refractivity contribution in [3.63, 3.8) is 0 Å². The van der Waals surface area contributed by atoms with Crippen molar-refractivity contribution in [1.29, 1.82) is 0 Å². The van der Waals surface area contributed by atoms with Gasteiger partial charge in [-0.3, -0.25) is 4.79 Å². The van der Waals surface area contributed by atoms with Crippen molar-refractivity contribution in [3.8, 4) is 11.5 Å². The lowest BCUT2D eigenvalue weighted by Crippen LogP contribution is -2.60. The lowest BCUT2D eigenvalue weighted by Gasteiger charge is -2.34. The van der Waals surface area contributed by atoms with Crippen molar-refractivity contribution < 1.29 is 14.3 Å². The minimum atomic E-state index is -1.41. The Morgan fingerprint density at radius 2 is 1.78 bits per heavy atom. The van der Waals surface area contributed by atoms with Gasteiger partial charge in [0.1, 0.15) is 10.4 Å². The number of nitrogens with two attached hydrogens (primary N) is 1. The Kier molecular flexibility index (Phi) is 7.45. The first-order valence-electron chi connectivity index (χ1n) is 7.41. The molecule has 1 amide bonds. The highest BCUT2D eigenvalue weighted by atomic mass is 35.5. The number of carbonyl (C=O) groups is 1. The highest BCUT2D eigenvalue weighted by Crippen LogP contribution is 2.31. The molecule has 0 aromatic heterocycles. The van der Waals surface area contributed by atoms with Crippen LogP contribution in [-0.2, 0) is 11.2 Å². The number of alkyl halides is 2. The first-order valence-corrected chi connectivity index (χ1v) is 8.28. The molecule has 0 saturated carbocycles. The second-order valence-corrected chi connectivity index (χ2v) is 6.28. The van der Waals surface area contributed by atoms with Crippen LogP contribution < -0.4 is 15.2 Å². The highest BCUT2D eigenvalue weighted by Gasteiger charge is 2.42. The van der Waals surface area contributed by atoms with Gasteiger partial charge in [0.2, 0.25) is 5.91 Å². The van der Waals surface area contributed by atoms with Gasteiger partial charge in [-0.15, -0.1) is 23.2 Å². The van der Waals surface area contributed by atoms with Gasteiger partial charge >= 0.3 is 0 Å². The summed E-state index contributed by atoms with van der Waals surface area (Å²) >= 11 is 12.1. The minimum absolute atomic E-state index is 0.195. The quantitative estimate of drug-likeness (QED) is 0.721. The van der Waals surface area contributed by atoms with E-state index in [1.807, 2.05) is 19.9 Å². The van der Waals surface area contributed by atoms with E-state index in [1.165, 1.54) is 0 Å². The molecule has 1 aromatic carbocycles. The van der Waals surface area contributed by atoms with E-state index in [4.69, 9.17) is 38.4 Å². The van der Waals surface area contributed by atoms with Crippen molar-refractivity contribution in [3.05, 3.63) is 23.8 Å². The molecule has 1 atom stereocenters. The van der Waals surface area contributed by atoms with Crippen LogP contribution in [0.15, 0.2) is 18.2 Å². The molecule has 130 valence electrons. The van der Waals surface area contributed by atoms with Crippen LogP contribution in [-0.4, -0.2) is 48.5 Å². The van der Waals surface area contributed by atoms with E-state index in [0.717, 1.165) is 5.56 Å². The van der Waals surface area contributed by atoms with Gasteiger partial charge in [0, 0.05) is 19.5 Å². The average Bonchev–Trinajstić information content (AvgIpc) is 2.55. The van der Waals surface area contributed by atoms with Crippen LogP contribution in [0.5, 0.6) is 11.5 Å². The summed E-state index contributed by atoms with van der Waals surface area (Å²) in [7, 11) is 3.10. The number of rotatable bonds is 8. The molecule has 0 aliphatic rings. The maximum Gasteiger partial charge on any atom is 0.245 e. The van der Waals surface area contributed by atoms with Crippen molar-refractivity contribution >= 4 is 29.1 Å². The van der Waals surface area contributed by atoms with Gasteiger partial charge in [0.15, 0.2) is 11.5 Å². The molecule has 0 bridgehead atoms. The van der Waals surface area contributed by atoms with Crippen LogP contribution in [0.25, 0.3) is 0 Å². The molecular formula is C16H24Cl2N2O3. The van der Waals surface area contributed by atoms with Crippen molar-refractivity contribution in [1.82, 2.24) is 4.90 Å². The summed E-state index contributed by atoms with van der Waals surface area (Å²) in [5.41, 5.74) is 5.68. The van der Waals surface area contributed by atoms with Crippen LogP contribution in [0, 0.1) is 0 Å². The zero-order valence-electron chi connectivity index (χ0n) is 13.9. The fourth-order valence-corrected chi connectivity index (χ4v) is 2.72. The first kappa shape index (κ1) is 19.9. The number of likely N-dealkylation sites (N-methyl/N-ethyl adjacent to an activating group) is 1. The monoisotopic (exact) mass is 362 g/mol. The van der Waals surface area contributed by atoms with Crippen LogP contribution in [0.4, 0.5) is 0 Å². The number of hydrogen-bond donors (Lipinski definition) is 1. The van der Waals surface area contributed by atoms with Crippen molar-refractivity contribution in [2.45, 2.75) is 30.6 Å². The summed E-state index contributed by atoms with van der Waals surface area (Å²) in [6.45, 7) is 4.85. The molecule has 2 N–H and O–H groups in total. The highest BCUT2D eigenvalue weighted by molar-refractivity contribution is 6.46. The Hall–Kier alpha value is -1.17. The predicted molar refractivity (Wildman–Crippen MR) is 93.6 cm³/mol. The number of nitrogens with zero attached hydrogens (tertiary/aromatic N) is 1. The predicted octanol–water partition coefficient (Wildman–Crippen LogP) is 2.62. The first-order chi connectivity index (χ1) is 10.8. The molecule has 1 rings (SSSR count). The van der Waals surface area contributed by atoms with E-state index in [2.05, 4.69) is 0 Å². The summed E-state index contributed by atoms with van der Waals surface area (Å²) in [6, 6.07) is 5.34.